The minimum absolute atomic E-state index is 0.347. The normalized spacial score (nSPS) is 13.5. The third-order valence-corrected chi connectivity index (χ3v) is 9.99. The Balaban J connectivity index is 1.20. The molecular weight excluding hydrogens is 544 g/mol. The van der Waals surface area contributed by atoms with Gasteiger partial charge in [0, 0.05) is 33.4 Å². The number of hydrogen-bond acceptors (Lipinski definition) is 1. The molecule has 0 saturated carbocycles. The Morgan fingerprint density at radius 2 is 1.00 bits per heavy atom. The maximum atomic E-state index is 3.90. The van der Waals surface area contributed by atoms with E-state index >= 15 is 0 Å². The monoisotopic (exact) mass is 572 g/mol. The number of benzene rings is 7. The molecule has 10 rings (SSSR count). The first-order valence-corrected chi connectivity index (χ1v) is 15.6. The highest BCUT2D eigenvalue weighted by atomic mass is 15.0. The second-order valence-electron chi connectivity index (χ2n) is 12.2. The van der Waals surface area contributed by atoms with Gasteiger partial charge in [-0.05, 0) is 75.3 Å². The number of aromatic nitrogens is 1. The lowest BCUT2D eigenvalue weighted by Gasteiger charge is -2.30. The molecule has 0 radical (unpaired) electrons. The van der Waals surface area contributed by atoms with Crippen molar-refractivity contribution in [3.05, 3.63) is 186 Å². The average Bonchev–Trinajstić information content (AvgIpc) is 3.71. The molecule has 1 N–H and O–H groups in total. The van der Waals surface area contributed by atoms with Crippen LogP contribution in [0.5, 0.6) is 0 Å². The zero-order chi connectivity index (χ0) is 29.5. The van der Waals surface area contributed by atoms with Gasteiger partial charge in [0.15, 0.2) is 0 Å². The lowest BCUT2D eigenvalue weighted by Crippen LogP contribution is -2.25. The molecule has 0 amide bonds. The minimum Gasteiger partial charge on any atom is -0.355 e. The molecule has 1 aromatic heterocycles. The van der Waals surface area contributed by atoms with Gasteiger partial charge in [-0.15, -0.1) is 0 Å². The summed E-state index contributed by atoms with van der Waals surface area (Å²) in [5.41, 5.74) is 16.1. The first-order chi connectivity index (χ1) is 22.3. The fourth-order valence-corrected chi connectivity index (χ4v) is 8.31. The number of nitrogens with one attached hydrogen (secondary N) is 1. The first-order valence-electron chi connectivity index (χ1n) is 15.6. The van der Waals surface area contributed by atoms with Crippen molar-refractivity contribution in [1.82, 2.24) is 4.57 Å². The van der Waals surface area contributed by atoms with Crippen LogP contribution in [0.4, 0.5) is 11.4 Å². The van der Waals surface area contributed by atoms with Gasteiger partial charge in [0.2, 0.25) is 0 Å². The van der Waals surface area contributed by atoms with Gasteiger partial charge in [-0.1, -0.05) is 127 Å². The molecule has 7 aromatic carbocycles. The van der Waals surface area contributed by atoms with Crippen molar-refractivity contribution in [2.75, 3.05) is 5.32 Å². The summed E-state index contributed by atoms with van der Waals surface area (Å²) in [7, 11) is 0. The SMILES string of the molecule is c1ccc(-n2c3ccccc3c3ccc(Nc4cccc5c4-c4ccccc4C54c5ccccc5-c5ccccc54)cc32)cc1. The number of fused-ring (bicyclic) bond motifs is 13. The van der Waals surface area contributed by atoms with Gasteiger partial charge in [0.05, 0.1) is 16.4 Å². The molecule has 45 heavy (non-hydrogen) atoms. The van der Waals surface area contributed by atoms with Crippen LogP contribution in [0, 0.1) is 0 Å². The largest absolute Gasteiger partial charge is 0.355 e. The fourth-order valence-electron chi connectivity index (χ4n) is 8.31. The van der Waals surface area contributed by atoms with E-state index in [1.807, 2.05) is 0 Å². The third-order valence-electron chi connectivity index (χ3n) is 9.99. The van der Waals surface area contributed by atoms with Crippen LogP contribution in [-0.4, -0.2) is 4.57 Å². The van der Waals surface area contributed by atoms with E-state index < -0.39 is 0 Å². The molecule has 1 heterocycles. The molecule has 2 heteroatoms. The van der Waals surface area contributed by atoms with E-state index in [0.29, 0.717) is 0 Å². The van der Waals surface area contributed by atoms with Gasteiger partial charge in [0.25, 0.3) is 0 Å². The van der Waals surface area contributed by atoms with Crippen molar-refractivity contribution in [3.8, 4) is 27.9 Å². The van der Waals surface area contributed by atoms with Crippen LogP contribution in [0.2, 0.25) is 0 Å². The van der Waals surface area contributed by atoms with Gasteiger partial charge in [-0.2, -0.15) is 0 Å². The van der Waals surface area contributed by atoms with Gasteiger partial charge in [0.1, 0.15) is 0 Å². The molecule has 8 aromatic rings. The summed E-state index contributed by atoms with van der Waals surface area (Å²) in [5.74, 6) is 0. The summed E-state index contributed by atoms with van der Waals surface area (Å²) < 4.78 is 2.38. The number of para-hydroxylation sites is 2. The molecule has 0 unspecified atom stereocenters. The first kappa shape index (κ1) is 24.6. The van der Waals surface area contributed by atoms with Crippen molar-refractivity contribution in [2.24, 2.45) is 0 Å². The van der Waals surface area contributed by atoms with E-state index in [0.717, 1.165) is 17.1 Å². The summed E-state index contributed by atoms with van der Waals surface area (Å²) in [5, 5.41) is 6.41. The predicted molar refractivity (Wildman–Crippen MR) is 187 cm³/mol. The van der Waals surface area contributed by atoms with Crippen molar-refractivity contribution < 1.29 is 0 Å². The quantitative estimate of drug-likeness (QED) is 0.223. The molecule has 0 atom stereocenters. The van der Waals surface area contributed by atoms with Crippen molar-refractivity contribution in [2.45, 2.75) is 5.41 Å². The van der Waals surface area contributed by atoms with Crippen LogP contribution in [0.1, 0.15) is 22.3 Å². The Bertz CT molecular complexity index is 2420. The predicted octanol–water partition coefficient (Wildman–Crippen LogP) is 10.9. The van der Waals surface area contributed by atoms with Crippen LogP contribution in [0.15, 0.2) is 164 Å². The molecule has 2 aliphatic rings. The van der Waals surface area contributed by atoms with Gasteiger partial charge < -0.3 is 9.88 Å². The standard InChI is InChI=1S/C43H28N2/c1-2-13-29(14-3-1)45-40-24-11-7-17-32(40)33-26-25-28(27-41(33)45)44-39-23-12-22-38-42(39)34-18-6-10-21-37(34)43(38)35-19-8-4-15-30(35)31-16-5-9-20-36(31)43/h1-27,44H. The van der Waals surface area contributed by atoms with Gasteiger partial charge >= 0.3 is 0 Å². The zero-order valence-electron chi connectivity index (χ0n) is 24.5. The summed E-state index contributed by atoms with van der Waals surface area (Å²) in [4.78, 5) is 0. The summed E-state index contributed by atoms with van der Waals surface area (Å²) in [6.07, 6.45) is 0. The highest BCUT2D eigenvalue weighted by molar-refractivity contribution is 6.10. The number of hydrogen-bond donors (Lipinski definition) is 1. The fraction of sp³-hybridized carbons (Fsp3) is 0.0233. The smallest absolute Gasteiger partial charge is 0.0726 e. The van der Waals surface area contributed by atoms with Crippen LogP contribution in [0.25, 0.3) is 49.7 Å². The maximum Gasteiger partial charge on any atom is 0.0726 e. The van der Waals surface area contributed by atoms with Crippen LogP contribution >= 0.6 is 0 Å². The molecule has 2 aliphatic carbocycles. The van der Waals surface area contributed by atoms with E-state index in [-0.39, 0.29) is 5.41 Å². The Labute approximate surface area is 261 Å². The minimum atomic E-state index is -0.347. The highest BCUT2D eigenvalue weighted by Crippen LogP contribution is 2.63. The summed E-state index contributed by atoms with van der Waals surface area (Å²) >= 11 is 0. The van der Waals surface area contributed by atoms with E-state index in [1.165, 1.54) is 66.3 Å². The van der Waals surface area contributed by atoms with Crippen molar-refractivity contribution in [3.63, 3.8) is 0 Å². The Kier molecular flexibility index (Phi) is 4.95. The molecule has 1 spiro atoms. The molecule has 0 bridgehead atoms. The van der Waals surface area contributed by atoms with Gasteiger partial charge in [-0.3, -0.25) is 0 Å². The zero-order valence-corrected chi connectivity index (χ0v) is 24.5. The topological polar surface area (TPSA) is 17.0 Å². The maximum absolute atomic E-state index is 3.90. The van der Waals surface area contributed by atoms with E-state index in [2.05, 4.69) is 174 Å². The number of nitrogens with zero attached hydrogens (tertiary/aromatic N) is 1. The Hall–Kier alpha value is -5.86. The third kappa shape index (κ3) is 3.18. The summed E-state index contributed by atoms with van der Waals surface area (Å²) in [6.45, 7) is 0. The molecular formula is C43H28N2. The second-order valence-corrected chi connectivity index (χ2v) is 12.2. The number of rotatable bonds is 3. The second kappa shape index (κ2) is 9.07. The van der Waals surface area contributed by atoms with E-state index in [4.69, 9.17) is 0 Å². The molecule has 0 saturated heterocycles. The Morgan fingerprint density at radius 1 is 0.422 bits per heavy atom. The summed E-state index contributed by atoms with van der Waals surface area (Å²) in [6, 6.07) is 59.9. The lowest BCUT2D eigenvalue weighted by molar-refractivity contribution is 0.794. The number of anilines is 2. The molecule has 210 valence electrons. The van der Waals surface area contributed by atoms with Crippen LogP contribution < -0.4 is 5.32 Å². The molecule has 2 nitrogen and oxygen atoms in total. The van der Waals surface area contributed by atoms with Gasteiger partial charge in [-0.25, -0.2) is 0 Å². The van der Waals surface area contributed by atoms with E-state index in [1.54, 1.807) is 0 Å². The van der Waals surface area contributed by atoms with E-state index in [9.17, 15) is 0 Å². The van der Waals surface area contributed by atoms with Crippen LogP contribution in [-0.2, 0) is 5.41 Å². The molecule has 0 aliphatic heterocycles. The van der Waals surface area contributed by atoms with Crippen molar-refractivity contribution in [1.29, 1.82) is 0 Å². The molecule has 0 fully saturated rings. The lowest BCUT2D eigenvalue weighted by atomic mass is 9.70. The average molecular weight is 573 g/mol. The van der Waals surface area contributed by atoms with Crippen LogP contribution in [0.3, 0.4) is 0 Å². The van der Waals surface area contributed by atoms with Crippen molar-refractivity contribution >= 4 is 33.2 Å². The Morgan fingerprint density at radius 3 is 1.76 bits per heavy atom. The highest BCUT2D eigenvalue weighted by Gasteiger charge is 2.51.